The van der Waals surface area contributed by atoms with Crippen molar-refractivity contribution in [3.05, 3.63) is 29.8 Å². The van der Waals surface area contributed by atoms with Crippen molar-refractivity contribution in [2.75, 3.05) is 26.7 Å². The predicted octanol–water partition coefficient (Wildman–Crippen LogP) is 4.07. The van der Waals surface area contributed by atoms with Crippen LogP contribution in [0.2, 0.25) is 0 Å². The monoisotopic (exact) mass is 356 g/mol. The minimum Gasteiger partial charge on any atom is -0.339 e. The first-order valence-electron chi connectivity index (χ1n) is 8.30. The average molecular weight is 357 g/mol. The zero-order valence-corrected chi connectivity index (χ0v) is 16.0. The molecule has 1 aromatic carbocycles. The third kappa shape index (κ3) is 6.36. The maximum absolute atomic E-state index is 12.6. The fraction of sp³-hybridized carbons (Fsp3) is 0.611. The van der Waals surface area contributed by atoms with Gasteiger partial charge in [-0.3, -0.25) is 4.79 Å². The maximum Gasteiger partial charge on any atom is 0.253 e. The van der Waals surface area contributed by atoms with Gasteiger partial charge in [-0.25, -0.2) is 0 Å². The first-order valence-corrected chi connectivity index (χ1v) is 9.18. The lowest BCUT2D eigenvalue weighted by Crippen LogP contribution is -2.38. The summed E-state index contributed by atoms with van der Waals surface area (Å²) in [5.74, 6) is 0.953. The zero-order chi connectivity index (χ0) is 15.9. The van der Waals surface area contributed by atoms with Crippen LogP contribution >= 0.6 is 24.2 Å². The number of piperidine rings is 1. The van der Waals surface area contributed by atoms with Gasteiger partial charge < -0.3 is 10.2 Å². The second-order valence-corrected chi connectivity index (χ2v) is 7.97. The largest absolute Gasteiger partial charge is 0.339 e. The molecule has 1 saturated heterocycles. The van der Waals surface area contributed by atoms with Gasteiger partial charge in [-0.1, -0.05) is 13.8 Å². The van der Waals surface area contributed by atoms with Crippen molar-refractivity contribution in [2.45, 2.75) is 43.3 Å². The molecule has 1 N–H and O–H groups in total. The third-order valence-electron chi connectivity index (χ3n) is 4.18. The Morgan fingerprint density at radius 2 is 1.87 bits per heavy atom. The number of rotatable bonds is 6. The van der Waals surface area contributed by atoms with Gasteiger partial charge in [0.05, 0.1) is 0 Å². The fourth-order valence-electron chi connectivity index (χ4n) is 2.90. The summed E-state index contributed by atoms with van der Waals surface area (Å²) in [6, 6.07) is 8.08. The van der Waals surface area contributed by atoms with E-state index >= 15 is 0 Å². The Balaban J connectivity index is 0.00000264. The molecule has 0 radical (unpaired) electrons. The van der Waals surface area contributed by atoms with E-state index in [1.165, 1.54) is 11.3 Å². The van der Waals surface area contributed by atoms with E-state index in [9.17, 15) is 4.79 Å². The Kier molecular flexibility index (Phi) is 9.03. The van der Waals surface area contributed by atoms with Crippen molar-refractivity contribution in [1.29, 1.82) is 0 Å². The molecule has 0 aromatic heterocycles. The van der Waals surface area contributed by atoms with Crippen LogP contribution in [-0.4, -0.2) is 42.7 Å². The molecule has 1 aliphatic heterocycles. The highest BCUT2D eigenvalue weighted by molar-refractivity contribution is 7.99. The average Bonchev–Trinajstić information content (AvgIpc) is 2.53. The molecular weight excluding hydrogens is 328 g/mol. The Bertz CT molecular complexity index is 470. The van der Waals surface area contributed by atoms with Gasteiger partial charge in [0.15, 0.2) is 0 Å². The number of carbonyl (C=O) groups is 1. The van der Waals surface area contributed by atoms with Crippen molar-refractivity contribution in [1.82, 2.24) is 10.2 Å². The molecule has 130 valence electrons. The summed E-state index contributed by atoms with van der Waals surface area (Å²) in [6.45, 7) is 7.24. The molecule has 0 unspecified atom stereocenters. The number of nitrogens with one attached hydrogen (secondary N) is 1. The van der Waals surface area contributed by atoms with E-state index in [-0.39, 0.29) is 18.3 Å². The number of hydrogen-bond acceptors (Lipinski definition) is 3. The lowest BCUT2D eigenvalue weighted by Gasteiger charge is -2.32. The molecule has 1 fully saturated rings. The molecule has 1 aromatic rings. The van der Waals surface area contributed by atoms with Gasteiger partial charge >= 0.3 is 0 Å². The van der Waals surface area contributed by atoms with Crippen LogP contribution in [0.3, 0.4) is 0 Å². The molecule has 0 bridgehead atoms. The van der Waals surface area contributed by atoms with Gasteiger partial charge in [0.2, 0.25) is 0 Å². The fourth-order valence-corrected chi connectivity index (χ4v) is 3.74. The Morgan fingerprint density at radius 1 is 1.26 bits per heavy atom. The van der Waals surface area contributed by atoms with Crippen molar-refractivity contribution in [2.24, 2.45) is 5.92 Å². The molecule has 0 atom stereocenters. The van der Waals surface area contributed by atoms with E-state index in [4.69, 9.17) is 0 Å². The molecule has 0 saturated carbocycles. The summed E-state index contributed by atoms with van der Waals surface area (Å²) in [4.78, 5) is 15.8. The number of thioether (sulfide) groups is 1. The minimum absolute atomic E-state index is 0. The number of benzene rings is 1. The van der Waals surface area contributed by atoms with Crippen LogP contribution in [0.25, 0.3) is 0 Å². The van der Waals surface area contributed by atoms with E-state index in [1.807, 2.05) is 35.8 Å². The summed E-state index contributed by atoms with van der Waals surface area (Å²) >= 11 is 1.83. The van der Waals surface area contributed by atoms with Crippen LogP contribution in [-0.2, 0) is 0 Å². The van der Waals surface area contributed by atoms with Gasteiger partial charge in [0.25, 0.3) is 5.91 Å². The van der Waals surface area contributed by atoms with Crippen LogP contribution in [0.15, 0.2) is 29.2 Å². The van der Waals surface area contributed by atoms with Crippen LogP contribution in [0.4, 0.5) is 0 Å². The van der Waals surface area contributed by atoms with E-state index in [0.717, 1.165) is 44.0 Å². The van der Waals surface area contributed by atoms with Crippen molar-refractivity contribution >= 4 is 30.1 Å². The molecule has 0 aliphatic carbocycles. The topological polar surface area (TPSA) is 32.3 Å². The Labute approximate surface area is 151 Å². The van der Waals surface area contributed by atoms with Crippen LogP contribution in [0, 0.1) is 5.92 Å². The molecule has 5 heteroatoms. The molecule has 1 heterocycles. The highest BCUT2D eigenvalue weighted by Gasteiger charge is 2.23. The predicted molar refractivity (Wildman–Crippen MR) is 102 cm³/mol. The minimum atomic E-state index is 0. The van der Waals surface area contributed by atoms with Gasteiger partial charge in [0.1, 0.15) is 0 Å². The summed E-state index contributed by atoms with van der Waals surface area (Å²) in [5.41, 5.74) is 0.821. The highest BCUT2D eigenvalue weighted by atomic mass is 35.5. The summed E-state index contributed by atoms with van der Waals surface area (Å²) < 4.78 is 0. The first kappa shape index (κ1) is 20.3. The molecular formula is C18H29ClN2OS. The lowest BCUT2D eigenvalue weighted by atomic mass is 9.93. The Morgan fingerprint density at radius 3 is 2.39 bits per heavy atom. The molecule has 2 rings (SSSR count). The van der Waals surface area contributed by atoms with Gasteiger partial charge in [-0.15, -0.1) is 24.2 Å². The van der Waals surface area contributed by atoms with Gasteiger partial charge in [0, 0.05) is 28.8 Å². The molecule has 3 nitrogen and oxygen atoms in total. The van der Waals surface area contributed by atoms with Crippen molar-refractivity contribution in [3.8, 4) is 0 Å². The van der Waals surface area contributed by atoms with Crippen molar-refractivity contribution in [3.63, 3.8) is 0 Å². The quantitative estimate of drug-likeness (QED) is 0.780. The second kappa shape index (κ2) is 10.2. The van der Waals surface area contributed by atoms with E-state index in [1.54, 1.807) is 0 Å². The van der Waals surface area contributed by atoms with Crippen LogP contribution in [0.1, 0.15) is 43.5 Å². The number of likely N-dealkylation sites (tertiary alicyclic amines) is 1. The summed E-state index contributed by atoms with van der Waals surface area (Å²) in [6.07, 6.45) is 3.49. The summed E-state index contributed by atoms with van der Waals surface area (Å²) in [7, 11) is 2.00. The summed E-state index contributed by atoms with van der Waals surface area (Å²) in [5, 5.41) is 3.78. The third-order valence-corrected chi connectivity index (χ3v) is 5.19. The number of amides is 1. The van der Waals surface area contributed by atoms with Crippen LogP contribution < -0.4 is 5.32 Å². The van der Waals surface area contributed by atoms with Crippen molar-refractivity contribution < 1.29 is 4.79 Å². The Hall–Kier alpha value is -0.710. The number of halogens is 1. The van der Waals surface area contributed by atoms with Crippen LogP contribution in [0.5, 0.6) is 0 Å². The molecule has 1 aliphatic rings. The van der Waals surface area contributed by atoms with Gasteiger partial charge in [-0.2, -0.15) is 0 Å². The lowest BCUT2D eigenvalue weighted by molar-refractivity contribution is 0.0687. The molecule has 23 heavy (non-hydrogen) atoms. The van der Waals surface area contributed by atoms with Gasteiger partial charge in [-0.05, 0) is 63.0 Å². The van der Waals surface area contributed by atoms with E-state index in [0.29, 0.717) is 5.25 Å². The normalized spacial score (nSPS) is 15.6. The molecule has 0 spiro atoms. The second-order valence-electron chi connectivity index (χ2n) is 6.32. The number of carbonyl (C=O) groups excluding carboxylic acids is 1. The zero-order valence-electron chi connectivity index (χ0n) is 14.4. The van der Waals surface area contributed by atoms with E-state index < -0.39 is 0 Å². The first-order chi connectivity index (χ1) is 10.6. The number of hydrogen-bond donors (Lipinski definition) is 1. The van der Waals surface area contributed by atoms with E-state index in [2.05, 4.69) is 31.3 Å². The number of nitrogens with zero attached hydrogens (tertiary/aromatic N) is 1. The molecule has 1 amide bonds. The maximum atomic E-state index is 12.6. The SMILES string of the molecule is CNCCC1CCN(C(=O)c2ccc(SC(C)C)cc2)CC1.Cl. The smallest absolute Gasteiger partial charge is 0.253 e. The standard InChI is InChI=1S/C18H28N2OS.ClH/c1-14(2)22-17-6-4-16(5-7-17)18(21)20-12-9-15(10-13-20)8-11-19-3;/h4-7,14-15,19H,8-13H2,1-3H3;1H. The highest BCUT2D eigenvalue weighted by Crippen LogP contribution is 2.25.